The Labute approximate surface area is 103 Å². The first-order chi connectivity index (χ1) is 8.09. The number of piperazine rings is 1. The van der Waals surface area contributed by atoms with Gasteiger partial charge in [0.2, 0.25) is 0 Å². The predicted octanol–water partition coefficient (Wildman–Crippen LogP) is 1.30. The van der Waals surface area contributed by atoms with Gasteiger partial charge in [0.05, 0.1) is 12.3 Å². The first-order valence-electron chi connectivity index (χ1n) is 6.33. The molecule has 1 aliphatic heterocycles. The molecule has 0 aromatic carbocycles. The lowest BCUT2D eigenvalue weighted by atomic mass is 10.0. The molecule has 0 amide bonds. The van der Waals surface area contributed by atoms with Crippen molar-refractivity contribution in [2.45, 2.75) is 32.0 Å². The Morgan fingerprint density at radius 1 is 1.47 bits per heavy atom. The molecule has 4 nitrogen and oxygen atoms in total. The Kier molecular flexibility index (Phi) is 3.86. The fraction of sp³-hybridized carbons (Fsp3) is 0.692. The molecule has 1 saturated heterocycles. The van der Waals surface area contributed by atoms with Crippen LogP contribution < -0.4 is 5.73 Å². The SMILES string of the molecule is CC(N)C(c1ccco1)N1CCN(C)C(C)C1. The van der Waals surface area contributed by atoms with Gasteiger partial charge < -0.3 is 15.1 Å². The molecule has 1 aromatic heterocycles. The van der Waals surface area contributed by atoms with E-state index in [2.05, 4.69) is 30.7 Å². The van der Waals surface area contributed by atoms with Crippen LogP contribution in [0.1, 0.15) is 25.6 Å². The van der Waals surface area contributed by atoms with Crippen molar-refractivity contribution in [3.63, 3.8) is 0 Å². The number of hydrogen-bond acceptors (Lipinski definition) is 4. The van der Waals surface area contributed by atoms with Crippen LogP contribution in [0.4, 0.5) is 0 Å². The van der Waals surface area contributed by atoms with E-state index in [4.69, 9.17) is 10.2 Å². The van der Waals surface area contributed by atoms with Crippen molar-refractivity contribution in [2.24, 2.45) is 5.73 Å². The van der Waals surface area contributed by atoms with Crippen molar-refractivity contribution >= 4 is 0 Å². The van der Waals surface area contributed by atoms with Gasteiger partial charge in [-0.15, -0.1) is 0 Å². The summed E-state index contributed by atoms with van der Waals surface area (Å²) in [6.07, 6.45) is 1.73. The van der Waals surface area contributed by atoms with Crippen molar-refractivity contribution in [2.75, 3.05) is 26.7 Å². The lowest BCUT2D eigenvalue weighted by molar-refractivity contribution is 0.0556. The first-order valence-corrected chi connectivity index (χ1v) is 6.33. The number of furan rings is 1. The summed E-state index contributed by atoms with van der Waals surface area (Å²) in [6.45, 7) is 7.49. The molecular weight excluding hydrogens is 214 g/mol. The molecule has 3 unspecified atom stereocenters. The summed E-state index contributed by atoms with van der Waals surface area (Å²) < 4.78 is 5.54. The zero-order chi connectivity index (χ0) is 12.4. The van der Waals surface area contributed by atoms with E-state index in [-0.39, 0.29) is 12.1 Å². The normalized spacial score (nSPS) is 26.9. The molecule has 3 atom stereocenters. The van der Waals surface area contributed by atoms with Crippen molar-refractivity contribution in [1.29, 1.82) is 0 Å². The average molecular weight is 237 g/mol. The van der Waals surface area contributed by atoms with Crippen LogP contribution in [0.15, 0.2) is 22.8 Å². The molecule has 1 fully saturated rings. The molecule has 0 saturated carbocycles. The molecule has 4 heteroatoms. The third kappa shape index (κ3) is 2.70. The van der Waals surface area contributed by atoms with Crippen LogP contribution in [0, 0.1) is 0 Å². The van der Waals surface area contributed by atoms with Gasteiger partial charge in [0.15, 0.2) is 0 Å². The second-order valence-electron chi connectivity index (χ2n) is 5.14. The molecule has 0 aliphatic carbocycles. The van der Waals surface area contributed by atoms with Gasteiger partial charge in [0.1, 0.15) is 5.76 Å². The molecule has 0 bridgehead atoms. The molecule has 2 heterocycles. The van der Waals surface area contributed by atoms with Crippen LogP contribution in [-0.2, 0) is 0 Å². The van der Waals surface area contributed by atoms with Gasteiger partial charge in [-0.1, -0.05) is 0 Å². The molecule has 1 aromatic rings. The molecule has 0 radical (unpaired) electrons. The van der Waals surface area contributed by atoms with Crippen LogP contribution in [0.2, 0.25) is 0 Å². The van der Waals surface area contributed by atoms with Crippen LogP contribution >= 0.6 is 0 Å². The van der Waals surface area contributed by atoms with E-state index < -0.39 is 0 Å². The summed E-state index contributed by atoms with van der Waals surface area (Å²) in [7, 11) is 2.18. The smallest absolute Gasteiger partial charge is 0.122 e. The Balaban J connectivity index is 2.12. The van der Waals surface area contributed by atoms with E-state index in [1.165, 1.54) is 0 Å². The maximum atomic E-state index is 6.12. The van der Waals surface area contributed by atoms with Gasteiger partial charge in [0.25, 0.3) is 0 Å². The number of rotatable bonds is 3. The van der Waals surface area contributed by atoms with E-state index in [1.54, 1.807) is 6.26 Å². The maximum Gasteiger partial charge on any atom is 0.122 e. The monoisotopic (exact) mass is 237 g/mol. The van der Waals surface area contributed by atoms with Gasteiger partial charge in [0, 0.05) is 31.7 Å². The van der Waals surface area contributed by atoms with Gasteiger partial charge >= 0.3 is 0 Å². The molecule has 0 spiro atoms. The highest BCUT2D eigenvalue weighted by Crippen LogP contribution is 2.26. The summed E-state index contributed by atoms with van der Waals surface area (Å²) >= 11 is 0. The van der Waals surface area contributed by atoms with Crippen LogP contribution in [0.25, 0.3) is 0 Å². The Hall–Kier alpha value is -0.840. The lowest BCUT2D eigenvalue weighted by Crippen LogP contribution is -2.53. The Morgan fingerprint density at radius 2 is 2.24 bits per heavy atom. The molecule has 96 valence electrons. The standard InChI is InChI=1S/C13H23N3O/c1-10-9-16(7-6-15(10)3)13(11(2)14)12-5-4-8-17-12/h4-5,8,10-11,13H,6-7,9,14H2,1-3H3. The fourth-order valence-corrected chi connectivity index (χ4v) is 2.56. The second kappa shape index (κ2) is 5.21. The number of likely N-dealkylation sites (N-methyl/N-ethyl adjacent to an activating group) is 1. The van der Waals surface area contributed by atoms with Crippen molar-refractivity contribution in [1.82, 2.24) is 9.80 Å². The number of nitrogens with two attached hydrogens (primary N) is 1. The largest absolute Gasteiger partial charge is 0.468 e. The average Bonchev–Trinajstić information content (AvgIpc) is 2.76. The topological polar surface area (TPSA) is 45.6 Å². The molecule has 2 rings (SSSR count). The minimum Gasteiger partial charge on any atom is -0.468 e. The Bertz CT molecular complexity index is 336. The van der Waals surface area contributed by atoms with Crippen LogP contribution in [0.5, 0.6) is 0 Å². The minimum atomic E-state index is 0.0803. The summed E-state index contributed by atoms with van der Waals surface area (Å²) in [4.78, 5) is 4.82. The van der Waals surface area contributed by atoms with Gasteiger partial charge in [-0.2, -0.15) is 0 Å². The molecule has 1 aliphatic rings. The highest BCUT2D eigenvalue weighted by Gasteiger charge is 2.31. The van der Waals surface area contributed by atoms with E-state index in [0.717, 1.165) is 25.4 Å². The molecule has 17 heavy (non-hydrogen) atoms. The summed E-state index contributed by atoms with van der Waals surface area (Å²) in [6, 6.07) is 4.80. The first kappa shape index (κ1) is 12.6. The van der Waals surface area contributed by atoms with Gasteiger partial charge in [-0.05, 0) is 33.0 Å². The highest BCUT2D eigenvalue weighted by molar-refractivity contribution is 5.08. The van der Waals surface area contributed by atoms with E-state index >= 15 is 0 Å². The van der Waals surface area contributed by atoms with Crippen LogP contribution in [0.3, 0.4) is 0 Å². The van der Waals surface area contributed by atoms with Gasteiger partial charge in [-0.25, -0.2) is 0 Å². The van der Waals surface area contributed by atoms with E-state index in [0.29, 0.717) is 6.04 Å². The minimum absolute atomic E-state index is 0.0803. The zero-order valence-corrected chi connectivity index (χ0v) is 11.0. The second-order valence-corrected chi connectivity index (χ2v) is 5.14. The zero-order valence-electron chi connectivity index (χ0n) is 11.0. The number of hydrogen-bond donors (Lipinski definition) is 1. The number of nitrogens with zero attached hydrogens (tertiary/aromatic N) is 2. The van der Waals surface area contributed by atoms with Crippen molar-refractivity contribution in [3.05, 3.63) is 24.2 Å². The maximum absolute atomic E-state index is 6.12. The summed E-state index contributed by atoms with van der Waals surface area (Å²) in [5.41, 5.74) is 6.12. The summed E-state index contributed by atoms with van der Waals surface area (Å²) in [5, 5.41) is 0. The molecular formula is C13H23N3O. The highest BCUT2D eigenvalue weighted by atomic mass is 16.3. The lowest BCUT2D eigenvalue weighted by Gasteiger charge is -2.42. The fourth-order valence-electron chi connectivity index (χ4n) is 2.56. The van der Waals surface area contributed by atoms with Crippen LogP contribution in [-0.4, -0.2) is 48.6 Å². The third-order valence-electron chi connectivity index (χ3n) is 3.72. The quantitative estimate of drug-likeness (QED) is 0.861. The summed E-state index contributed by atoms with van der Waals surface area (Å²) in [5.74, 6) is 0.983. The van der Waals surface area contributed by atoms with Crippen molar-refractivity contribution in [3.8, 4) is 0 Å². The van der Waals surface area contributed by atoms with E-state index in [1.807, 2.05) is 12.1 Å². The van der Waals surface area contributed by atoms with Gasteiger partial charge in [-0.3, -0.25) is 4.90 Å². The molecule has 2 N–H and O–H groups in total. The predicted molar refractivity (Wildman–Crippen MR) is 68.8 cm³/mol. The van der Waals surface area contributed by atoms with E-state index in [9.17, 15) is 0 Å². The Morgan fingerprint density at radius 3 is 2.76 bits per heavy atom. The third-order valence-corrected chi connectivity index (χ3v) is 3.72. The van der Waals surface area contributed by atoms with Crippen molar-refractivity contribution < 1.29 is 4.42 Å².